The number of rotatable bonds is 4. The summed E-state index contributed by atoms with van der Waals surface area (Å²) >= 11 is 0. The van der Waals surface area contributed by atoms with Crippen molar-refractivity contribution in [2.24, 2.45) is 0 Å². The number of benzene rings is 6. The van der Waals surface area contributed by atoms with E-state index in [1.165, 1.54) is 16.3 Å². The first-order valence-electron chi connectivity index (χ1n) is 15.0. The third-order valence-electron chi connectivity index (χ3n) is 8.57. The summed E-state index contributed by atoms with van der Waals surface area (Å²) in [5.41, 5.74) is 8.93. The molecule has 9 aromatic rings. The zero-order valence-electron chi connectivity index (χ0n) is 24.5. The van der Waals surface area contributed by atoms with Gasteiger partial charge in [0.25, 0.3) is 0 Å². The smallest absolute Gasteiger partial charge is 0.164 e. The molecule has 0 fully saturated rings. The highest BCUT2D eigenvalue weighted by Gasteiger charge is 2.19. The molecule has 9 rings (SSSR count). The van der Waals surface area contributed by atoms with Crippen molar-refractivity contribution in [3.8, 4) is 39.9 Å². The van der Waals surface area contributed by atoms with Crippen molar-refractivity contribution in [3.05, 3.63) is 145 Å². The molecule has 3 aromatic heterocycles. The van der Waals surface area contributed by atoms with Crippen LogP contribution < -0.4 is 0 Å². The summed E-state index contributed by atoms with van der Waals surface area (Å²) in [6.45, 7) is 2.11. The van der Waals surface area contributed by atoms with Crippen LogP contribution in [0.15, 0.2) is 144 Å². The molecule has 5 nitrogen and oxygen atoms in total. The van der Waals surface area contributed by atoms with Crippen LogP contribution in [0.2, 0.25) is 0 Å². The van der Waals surface area contributed by atoms with E-state index in [1.54, 1.807) is 0 Å². The normalized spacial score (nSPS) is 11.7. The average Bonchev–Trinajstić information content (AvgIpc) is 3.62. The Bertz CT molecular complexity index is 2470. The van der Waals surface area contributed by atoms with E-state index in [0.29, 0.717) is 17.5 Å². The molecule has 45 heavy (non-hydrogen) atoms. The van der Waals surface area contributed by atoms with E-state index >= 15 is 0 Å². The van der Waals surface area contributed by atoms with Crippen LogP contribution in [0.5, 0.6) is 0 Å². The molecule has 0 saturated heterocycles. The van der Waals surface area contributed by atoms with E-state index in [9.17, 15) is 0 Å². The maximum atomic E-state index is 6.61. The molecule has 0 N–H and O–H groups in total. The van der Waals surface area contributed by atoms with Crippen molar-refractivity contribution in [1.29, 1.82) is 0 Å². The Hall–Kier alpha value is -6.07. The fraction of sp³-hybridized carbons (Fsp3) is 0.0250. The molecule has 0 radical (unpaired) electrons. The van der Waals surface area contributed by atoms with Crippen LogP contribution in [0.3, 0.4) is 0 Å². The number of hydrogen-bond acceptors (Lipinski definition) is 4. The topological polar surface area (TPSA) is 56.7 Å². The molecular formula is C40H26N4O. The minimum absolute atomic E-state index is 0.620. The number of aromatic nitrogens is 4. The molecule has 0 bridgehead atoms. The Labute approximate surface area is 259 Å². The first-order chi connectivity index (χ1) is 22.2. The fourth-order valence-corrected chi connectivity index (χ4v) is 6.42. The van der Waals surface area contributed by atoms with Gasteiger partial charge in [0.2, 0.25) is 0 Å². The maximum absolute atomic E-state index is 6.61. The van der Waals surface area contributed by atoms with Crippen molar-refractivity contribution in [2.75, 3.05) is 0 Å². The van der Waals surface area contributed by atoms with E-state index < -0.39 is 0 Å². The Kier molecular flexibility index (Phi) is 5.65. The molecule has 3 heterocycles. The molecular weight excluding hydrogens is 552 g/mol. The van der Waals surface area contributed by atoms with Gasteiger partial charge in [0.1, 0.15) is 11.2 Å². The van der Waals surface area contributed by atoms with E-state index in [4.69, 9.17) is 19.4 Å². The molecule has 0 aliphatic rings. The Morgan fingerprint density at radius 2 is 1.02 bits per heavy atom. The fourth-order valence-electron chi connectivity index (χ4n) is 6.42. The quantitative estimate of drug-likeness (QED) is 0.208. The Balaban J connectivity index is 1.27. The van der Waals surface area contributed by atoms with Crippen molar-refractivity contribution in [1.82, 2.24) is 19.5 Å². The van der Waals surface area contributed by atoms with Crippen LogP contribution >= 0.6 is 0 Å². The first kappa shape index (κ1) is 25.4. The van der Waals surface area contributed by atoms with Gasteiger partial charge in [-0.05, 0) is 48.9 Å². The highest BCUT2D eigenvalue weighted by molar-refractivity contribution is 6.17. The van der Waals surface area contributed by atoms with Gasteiger partial charge in [-0.2, -0.15) is 0 Å². The summed E-state index contributed by atoms with van der Waals surface area (Å²) in [5, 5.41) is 4.58. The summed E-state index contributed by atoms with van der Waals surface area (Å²) in [6, 6.07) is 47.9. The van der Waals surface area contributed by atoms with Crippen LogP contribution in [0.1, 0.15) is 5.56 Å². The van der Waals surface area contributed by atoms with Crippen LogP contribution in [0.4, 0.5) is 0 Å². The minimum atomic E-state index is 0.620. The SMILES string of the molecule is Cc1cc2c(cc1-c1nc(-c3ccccc3)nc(-c3ccccc3)n1)oc1cc3c(cc12)c1ccccc1n3-c1ccccc1. The van der Waals surface area contributed by atoms with Gasteiger partial charge in [-0.15, -0.1) is 0 Å². The minimum Gasteiger partial charge on any atom is -0.456 e. The molecule has 6 aromatic carbocycles. The number of para-hydroxylation sites is 2. The number of aryl methyl sites for hydroxylation is 1. The van der Waals surface area contributed by atoms with Gasteiger partial charge < -0.3 is 8.98 Å². The molecule has 0 atom stereocenters. The second kappa shape index (κ2) is 10.00. The molecule has 0 spiro atoms. The standard InChI is InChI=1S/C40H26N4O/c1-25-21-32-33-22-31-29-19-11-12-20-34(29)44(28-17-9-4-10-18-28)35(31)24-37(33)45-36(32)23-30(25)40-42-38(26-13-5-2-6-14-26)41-39(43-40)27-15-7-3-8-16-27/h2-24H,1H3. The molecule has 0 unspecified atom stereocenters. The van der Waals surface area contributed by atoms with Crippen LogP contribution in [0, 0.1) is 6.92 Å². The predicted molar refractivity (Wildman–Crippen MR) is 182 cm³/mol. The van der Waals surface area contributed by atoms with Crippen molar-refractivity contribution in [2.45, 2.75) is 6.92 Å². The van der Waals surface area contributed by atoms with E-state index in [2.05, 4.69) is 84.3 Å². The number of hydrogen-bond donors (Lipinski definition) is 0. The van der Waals surface area contributed by atoms with Crippen LogP contribution in [-0.2, 0) is 0 Å². The summed E-state index contributed by atoms with van der Waals surface area (Å²) < 4.78 is 8.92. The molecule has 0 aliphatic heterocycles. The highest BCUT2D eigenvalue weighted by Crippen LogP contribution is 2.40. The average molecular weight is 579 g/mol. The zero-order chi connectivity index (χ0) is 29.9. The maximum Gasteiger partial charge on any atom is 0.164 e. The van der Waals surface area contributed by atoms with Crippen molar-refractivity contribution >= 4 is 43.7 Å². The third kappa shape index (κ3) is 4.13. The lowest BCUT2D eigenvalue weighted by Crippen LogP contribution is -2.01. The van der Waals surface area contributed by atoms with Crippen LogP contribution in [0.25, 0.3) is 83.6 Å². The lowest BCUT2D eigenvalue weighted by Gasteiger charge is -2.10. The van der Waals surface area contributed by atoms with Crippen LogP contribution in [-0.4, -0.2) is 19.5 Å². The van der Waals surface area contributed by atoms with Gasteiger partial charge in [-0.3, -0.25) is 0 Å². The molecule has 0 saturated carbocycles. The van der Waals surface area contributed by atoms with Gasteiger partial charge in [0.15, 0.2) is 17.5 Å². The lowest BCUT2D eigenvalue weighted by molar-refractivity contribution is 0.669. The lowest BCUT2D eigenvalue weighted by atomic mass is 10.0. The van der Waals surface area contributed by atoms with Gasteiger partial charge >= 0.3 is 0 Å². The van der Waals surface area contributed by atoms with E-state index in [-0.39, 0.29) is 0 Å². The van der Waals surface area contributed by atoms with E-state index in [1.807, 2.05) is 66.7 Å². The molecule has 212 valence electrons. The molecule has 0 aliphatic carbocycles. The van der Waals surface area contributed by atoms with Gasteiger partial charge in [-0.25, -0.2) is 15.0 Å². The van der Waals surface area contributed by atoms with Gasteiger partial charge in [0.05, 0.1) is 11.0 Å². The molecule has 0 amide bonds. The summed E-state index contributed by atoms with van der Waals surface area (Å²) in [6.07, 6.45) is 0. The number of nitrogens with zero attached hydrogens (tertiary/aromatic N) is 4. The predicted octanol–water partition coefficient (Wildman–Crippen LogP) is 10.2. The Morgan fingerprint density at radius 3 is 1.71 bits per heavy atom. The summed E-state index contributed by atoms with van der Waals surface area (Å²) in [7, 11) is 0. The highest BCUT2D eigenvalue weighted by atomic mass is 16.3. The first-order valence-corrected chi connectivity index (χ1v) is 15.0. The monoisotopic (exact) mass is 578 g/mol. The second-order valence-electron chi connectivity index (χ2n) is 11.4. The van der Waals surface area contributed by atoms with E-state index in [0.717, 1.165) is 55.4 Å². The summed E-state index contributed by atoms with van der Waals surface area (Å²) in [5.74, 6) is 1.90. The van der Waals surface area contributed by atoms with Gasteiger partial charge in [0, 0.05) is 50.0 Å². The summed E-state index contributed by atoms with van der Waals surface area (Å²) in [4.78, 5) is 14.8. The molecule has 5 heteroatoms. The third-order valence-corrected chi connectivity index (χ3v) is 8.57. The van der Waals surface area contributed by atoms with Crippen molar-refractivity contribution < 1.29 is 4.42 Å². The number of furan rings is 1. The van der Waals surface area contributed by atoms with Gasteiger partial charge in [-0.1, -0.05) is 97.1 Å². The largest absolute Gasteiger partial charge is 0.456 e. The number of fused-ring (bicyclic) bond motifs is 6. The Morgan fingerprint density at radius 1 is 0.467 bits per heavy atom. The second-order valence-corrected chi connectivity index (χ2v) is 11.4. The van der Waals surface area contributed by atoms with Crippen molar-refractivity contribution in [3.63, 3.8) is 0 Å². The zero-order valence-corrected chi connectivity index (χ0v) is 24.5.